The van der Waals surface area contributed by atoms with Crippen LogP contribution in [0.3, 0.4) is 0 Å². The van der Waals surface area contributed by atoms with Crippen molar-refractivity contribution in [1.82, 2.24) is 20.4 Å². The molecule has 2 aliphatic rings. The molecule has 38 heavy (non-hydrogen) atoms. The van der Waals surface area contributed by atoms with Gasteiger partial charge < -0.3 is 14.6 Å². The zero-order chi connectivity index (χ0) is 27.1. The Morgan fingerprint density at radius 2 is 1.92 bits per heavy atom. The van der Waals surface area contributed by atoms with Gasteiger partial charge in [-0.3, -0.25) is 9.69 Å². The van der Waals surface area contributed by atoms with Gasteiger partial charge in [0.2, 0.25) is 17.6 Å². The number of aromatic nitrogens is 2. The molecule has 2 aliphatic heterocycles. The number of hydrogen-bond acceptors (Lipinski definition) is 6. The smallest absolute Gasteiger partial charge is 0.241 e. The zero-order valence-corrected chi connectivity index (χ0v) is 23.5. The number of amides is 1. The van der Waals surface area contributed by atoms with Crippen LogP contribution in [0.2, 0.25) is 0 Å². The van der Waals surface area contributed by atoms with E-state index in [1.807, 2.05) is 18.2 Å². The molecule has 3 aromatic rings. The number of fused-ring (bicyclic) bond motifs is 1. The second kappa shape index (κ2) is 10.2. The molecule has 202 valence electrons. The largest absolute Gasteiger partial charge is 0.487 e. The van der Waals surface area contributed by atoms with Gasteiger partial charge in [0, 0.05) is 24.1 Å². The van der Waals surface area contributed by atoms with E-state index < -0.39 is 0 Å². The number of nitrogens with one attached hydrogen (secondary N) is 1. The predicted octanol–water partition coefficient (Wildman–Crippen LogP) is 5.97. The van der Waals surface area contributed by atoms with Gasteiger partial charge in [-0.15, -0.1) is 0 Å². The van der Waals surface area contributed by atoms with Crippen LogP contribution in [-0.4, -0.2) is 39.6 Å². The number of rotatable bonds is 5. The molecule has 0 saturated carbocycles. The SMILES string of the molecule is Cc1ccc2c(c1)C(NC(=O)C1CCCN(Cc3nc(-c4ccc(C(C)(C)C)cc4)no3)C1)CC(C)(C)O2. The fourth-order valence-corrected chi connectivity index (χ4v) is 5.55. The van der Waals surface area contributed by atoms with Crippen LogP contribution in [0.4, 0.5) is 0 Å². The summed E-state index contributed by atoms with van der Waals surface area (Å²) in [4.78, 5) is 20.3. The number of piperidine rings is 1. The molecule has 0 spiro atoms. The molecule has 1 amide bonds. The Hall–Kier alpha value is -3.19. The minimum atomic E-state index is -0.332. The molecule has 1 aromatic heterocycles. The molecule has 3 heterocycles. The molecule has 2 aromatic carbocycles. The summed E-state index contributed by atoms with van der Waals surface area (Å²) in [5.74, 6) is 2.08. The van der Waals surface area contributed by atoms with Gasteiger partial charge >= 0.3 is 0 Å². The van der Waals surface area contributed by atoms with E-state index >= 15 is 0 Å². The molecule has 7 heteroatoms. The minimum absolute atomic E-state index is 0.0558. The van der Waals surface area contributed by atoms with Crippen molar-refractivity contribution in [2.75, 3.05) is 13.1 Å². The van der Waals surface area contributed by atoms with Crippen LogP contribution >= 0.6 is 0 Å². The van der Waals surface area contributed by atoms with Crippen LogP contribution in [0.25, 0.3) is 11.4 Å². The van der Waals surface area contributed by atoms with Gasteiger partial charge in [0.1, 0.15) is 11.4 Å². The van der Waals surface area contributed by atoms with Crippen LogP contribution in [0.15, 0.2) is 47.0 Å². The third-order valence-corrected chi connectivity index (χ3v) is 7.65. The Bertz CT molecular complexity index is 1290. The molecule has 2 unspecified atom stereocenters. The molecular weight excluding hydrogens is 476 g/mol. The van der Waals surface area contributed by atoms with E-state index in [9.17, 15) is 4.79 Å². The second-order valence-electron chi connectivity index (χ2n) is 12.6. The maximum Gasteiger partial charge on any atom is 0.241 e. The van der Waals surface area contributed by atoms with Gasteiger partial charge in [-0.25, -0.2) is 0 Å². The summed E-state index contributed by atoms with van der Waals surface area (Å²) in [6.45, 7) is 15.0. The van der Waals surface area contributed by atoms with Gasteiger partial charge in [0.05, 0.1) is 18.5 Å². The number of aryl methyl sites for hydroxylation is 1. The summed E-state index contributed by atoms with van der Waals surface area (Å²) in [6.07, 6.45) is 2.58. The molecule has 1 N–H and O–H groups in total. The summed E-state index contributed by atoms with van der Waals surface area (Å²) in [7, 11) is 0. The van der Waals surface area contributed by atoms with Crippen molar-refractivity contribution in [3.63, 3.8) is 0 Å². The lowest BCUT2D eigenvalue weighted by Crippen LogP contribution is -2.46. The quantitative estimate of drug-likeness (QED) is 0.450. The third-order valence-electron chi connectivity index (χ3n) is 7.65. The maximum absolute atomic E-state index is 13.4. The number of likely N-dealkylation sites (tertiary alicyclic amines) is 1. The Kier molecular flexibility index (Phi) is 7.07. The lowest BCUT2D eigenvalue weighted by atomic mass is 9.87. The molecule has 1 fully saturated rings. The van der Waals surface area contributed by atoms with E-state index in [-0.39, 0.29) is 28.9 Å². The van der Waals surface area contributed by atoms with Crippen LogP contribution in [0, 0.1) is 12.8 Å². The van der Waals surface area contributed by atoms with Crippen molar-refractivity contribution in [3.8, 4) is 17.1 Å². The highest BCUT2D eigenvalue weighted by Gasteiger charge is 2.36. The first-order valence-electron chi connectivity index (χ1n) is 13.7. The highest BCUT2D eigenvalue weighted by molar-refractivity contribution is 5.79. The minimum Gasteiger partial charge on any atom is -0.487 e. The van der Waals surface area contributed by atoms with E-state index in [1.165, 1.54) is 11.1 Å². The number of ether oxygens (including phenoxy) is 1. The Morgan fingerprint density at radius 1 is 1.16 bits per heavy atom. The maximum atomic E-state index is 13.4. The summed E-state index contributed by atoms with van der Waals surface area (Å²) in [5.41, 5.74) is 4.21. The molecule has 7 nitrogen and oxygen atoms in total. The molecule has 2 atom stereocenters. The number of hydrogen-bond donors (Lipinski definition) is 1. The van der Waals surface area contributed by atoms with E-state index in [0.29, 0.717) is 24.8 Å². The van der Waals surface area contributed by atoms with Crippen LogP contribution in [0.5, 0.6) is 5.75 Å². The first-order chi connectivity index (χ1) is 18.0. The fourth-order valence-electron chi connectivity index (χ4n) is 5.55. The van der Waals surface area contributed by atoms with E-state index in [0.717, 1.165) is 42.7 Å². The Balaban J connectivity index is 1.22. The van der Waals surface area contributed by atoms with Crippen LogP contribution in [-0.2, 0) is 16.8 Å². The molecular formula is C31H40N4O3. The second-order valence-corrected chi connectivity index (χ2v) is 12.6. The molecule has 0 bridgehead atoms. The summed E-state index contributed by atoms with van der Waals surface area (Å²) < 4.78 is 11.8. The van der Waals surface area contributed by atoms with Gasteiger partial charge in [0.25, 0.3) is 0 Å². The molecule has 5 rings (SSSR count). The number of carbonyl (C=O) groups excluding carboxylic acids is 1. The van der Waals surface area contributed by atoms with Crippen LogP contribution in [0.1, 0.15) is 82.5 Å². The number of benzene rings is 2. The first-order valence-corrected chi connectivity index (χ1v) is 13.7. The van der Waals surface area contributed by atoms with Gasteiger partial charge in [-0.1, -0.05) is 67.9 Å². The van der Waals surface area contributed by atoms with Gasteiger partial charge in [-0.05, 0) is 57.2 Å². The Labute approximate surface area is 226 Å². The standard InChI is InChI=1S/C31H40N4O3/c1-20-9-14-26-24(16-20)25(17-31(5,6)37-26)32-29(36)22-8-7-15-35(18-22)19-27-33-28(34-38-27)21-10-12-23(13-11-21)30(2,3)4/h9-14,16,22,25H,7-8,15,17-19H2,1-6H3,(H,32,36). The summed E-state index contributed by atoms with van der Waals surface area (Å²) in [5, 5.41) is 7.57. The normalized spacial score (nSPS) is 21.4. The van der Waals surface area contributed by atoms with Gasteiger partial charge in [0.15, 0.2) is 0 Å². The summed E-state index contributed by atoms with van der Waals surface area (Å²) >= 11 is 0. The lowest BCUT2D eigenvalue weighted by Gasteiger charge is -2.39. The summed E-state index contributed by atoms with van der Waals surface area (Å²) in [6, 6.07) is 14.5. The average Bonchev–Trinajstić information content (AvgIpc) is 3.32. The van der Waals surface area contributed by atoms with Crippen molar-refractivity contribution in [2.24, 2.45) is 5.92 Å². The molecule has 0 aliphatic carbocycles. The van der Waals surface area contributed by atoms with E-state index in [2.05, 4.69) is 86.2 Å². The van der Waals surface area contributed by atoms with Crippen molar-refractivity contribution in [1.29, 1.82) is 0 Å². The van der Waals surface area contributed by atoms with Crippen molar-refractivity contribution < 1.29 is 14.1 Å². The first kappa shape index (κ1) is 26.4. The van der Waals surface area contributed by atoms with Gasteiger partial charge in [-0.2, -0.15) is 4.98 Å². The monoisotopic (exact) mass is 516 g/mol. The number of carbonyl (C=O) groups is 1. The average molecular weight is 517 g/mol. The molecule has 1 saturated heterocycles. The van der Waals surface area contributed by atoms with E-state index in [1.54, 1.807) is 0 Å². The van der Waals surface area contributed by atoms with Crippen molar-refractivity contribution in [2.45, 2.75) is 84.4 Å². The van der Waals surface area contributed by atoms with Crippen molar-refractivity contribution in [3.05, 3.63) is 65.0 Å². The predicted molar refractivity (Wildman–Crippen MR) is 148 cm³/mol. The fraction of sp³-hybridized carbons (Fsp3) is 0.516. The zero-order valence-electron chi connectivity index (χ0n) is 23.5. The highest BCUT2D eigenvalue weighted by atomic mass is 16.5. The third kappa shape index (κ3) is 5.93. The lowest BCUT2D eigenvalue weighted by molar-refractivity contribution is -0.128. The van der Waals surface area contributed by atoms with Crippen molar-refractivity contribution >= 4 is 5.91 Å². The number of nitrogens with zero attached hydrogens (tertiary/aromatic N) is 3. The molecule has 0 radical (unpaired) electrons. The highest BCUT2D eigenvalue weighted by Crippen LogP contribution is 2.40. The van der Waals surface area contributed by atoms with E-state index in [4.69, 9.17) is 9.26 Å². The topological polar surface area (TPSA) is 80.5 Å². The van der Waals surface area contributed by atoms with Crippen LogP contribution < -0.4 is 10.1 Å². The Morgan fingerprint density at radius 3 is 2.66 bits per heavy atom.